The third-order valence-electron chi connectivity index (χ3n) is 7.81. The minimum Gasteiger partial charge on any atom is -0.369 e. The lowest BCUT2D eigenvalue weighted by Crippen LogP contribution is -2.37. The van der Waals surface area contributed by atoms with Gasteiger partial charge in [-0.05, 0) is 44.3 Å². The summed E-state index contributed by atoms with van der Waals surface area (Å²) < 4.78 is 27.7. The summed E-state index contributed by atoms with van der Waals surface area (Å²) in [6, 6.07) is 7.31. The molecule has 1 fully saturated rings. The quantitative estimate of drug-likeness (QED) is 0.278. The molecule has 1 amide bonds. The number of alkyl halides is 1. The first-order valence-electron chi connectivity index (χ1n) is 14.3. The smallest absolute Gasteiger partial charge is 0.254 e. The molecule has 1 saturated heterocycles. The number of amides is 1. The number of para-hydroxylation sites is 1. The molecule has 42 heavy (non-hydrogen) atoms. The second kappa shape index (κ2) is 13.2. The lowest BCUT2D eigenvalue weighted by molar-refractivity contribution is 0.0960. The van der Waals surface area contributed by atoms with Crippen molar-refractivity contribution in [3.63, 3.8) is 0 Å². The maximum Gasteiger partial charge on any atom is 0.254 e. The Labute approximate surface area is 244 Å². The van der Waals surface area contributed by atoms with Crippen LogP contribution in [-0.4, -0.2) is 75.1 Å². The number of anilines is 1. The number of likely N-dealkylation sites (tertiary alicyclic amines) is 1. The van der Waals surface area contributed by atoms with Crippen LogP contribution in [-0.2, 0) is 6.42 Å². The summed E-state index contributed by atoms with van der Waals surface area (Å²) in [5, 5.41) is 6.34. The van der Waals surface area contributed by atoms with Crippen molar-refractivity contribution in [2.24, 2.45) is 5.92 Å². The average molecular weight is 575 g/mol. The van der Waals surface area contributed by atoms with E-state index in [0.29, 0.717) is 41.4 Å². The van der Waals surface area contributed by atoms with E-state index in [4.69, 9.17) is 0 Å². The van der Waals surface area contributed by atoms with Crippen LogP contribution >= 0.6 is 0 Å². The summed E-state index contributed by atoms with van der Waals surface area (Å²) >= 11 is 0. The van der Waals surface area contributed by atoms with Crippen LogP contribution in [0, 0.1) is 11.7 Å². The standard InChI is InChI=1S/C31H36F2N8O/c1-19(23-5-4-6-24-29(31(42)34-3)25(33)16-38-30(23)24)13-35-28-12-26(39-18-40-28)22-14-36-27(37-15-22)11-21-7-9-41(10-8-21)17-20(2)32/h4-6,12,14-16,18-21H,7-11,13,17H2,1-3H3,(H,34,42)(H,35,39,40)/t19-,20?/m1/s1. The Morgan fingerprint density at radius 3 is 2.55 bits per heavy atom. The van der Waals surface area contributed by atoms with E-state index >= 15 is 0 Å². The SMILES string of the molecule is CNC(=O)c1c(F)cnc2c([C@H](C)CNc3cc(-c4cnc(CC5CCN(CC(C)F)CC5)nc4)ncn3)cccc12. The van der Waals surface area contributed by atoms with Gasteiger partial charge >= 0.3 is 0 Å². The first-order valence-corrected chi connectivity index (χ1v) is 14.3. The number of hydrogen-bond acceptors (Lipinski definition) is 8. The van der Waals surface area contributed by atoms with Crippen molar-refractivity contribution >= 4 is 22.6 Å². The molecule has 1 aliphatic heterocycles. The lowest BCUT2D eigenvalue weighted by Gasteiger charge is -2.31. The number of carbonyl (C=O) groups excluding carboxylic acids is 1. The highest BCUT2D eigenvalue weighted by molar-refractivity contribution is 6.06. The number of benzene rings is 1. The highest BCUT2D eigenvalue weighted by atomic mass is 19.1. The van der Waals surface area contributed by atoms with Crippen LogP contribution in [0.3, 0.4) is 0 Å². The average Bonchev–Trinajstić information content (AvgIpc) is 3.00. The van der Waals surface area contributed by atoms with E-state index in [1.165, 1.54) is 13.4 Å². The zero-order valence-electron chi connectivity index (χ0n) is 24.1. The molecule has 5 rings (SSSR count). The molecule has 4 aromatic rings. The van der Waals surface area contributed by atoms with Crippen LogP contribution in [0.15, 0.2) is 49.2 Å². The Bertz CT molecular complexity index is 1520. The van der Waals surface area contributed by atoms with Crippen LogP contribution in [0.2, 0.25) is 0 Å². The number of rotatable bonds is 10. The maximum absolute atomic E-state index is 14.4. The Kier molecular flexibility index (Phi) is 9.26. The van der Waals surface area contributed by atoms with Gasteiger partial charge in [-0.3, -0.25) is 9.78 Å². The van der Waals surface area contributed by atoms with Crippen molar-refractivity contribution in [2.45, 2.75) is 45.2 Å². The van der Waals surface area contributed by atoms with E-state index in [0.717, 1.165) is 55.5 Å². The molecule has 1 unspecified atom stereocenters. The summed E-state index contributed by atoms with van der Waals surface area (Å²) in [7, 11) is 1.48. The molecule has 11 heteroatoms. The third-order valence-corrected chi connectivity index (χ3v) is 7.81. The second-order valence-electron chi connectivity index (χ2n) is 11.0. The normalized spacial score (nSPS) is 15.8. The van der Waals surface area contributed by atoms with Crippen molar-refractivity contribution in [1.29, 1.82) is 0 Å². The summed E-state index contributed by atoms with van der Waals surface area (Å²) in [6.07, 6.45) is 8.25. The number of aromatic nitrogens is 5. The Hall–Kier alpha value is -4.12. The summed E-state index contributed by atoms with van der Waals surface area (Å²) in [6.45, 7) is 6.51. The highest BCUT2D eigenvalue weighted by Gasteiger charge is 2.22. The molecule has 3 aromatic heterocycles. The molecule has 0 radical (unpaired) electrons. The van der Waals surface area contributed by atoms with Gasteiger partial charge in [-0.1, -0.05) is 25.1 Å². The van der Waals surface area contributed by atoms with E-state index < -0.39 is 17.9 Å². The summed E-state index contributed by atoms with van der Waals surface area (Å²) in [4.78, 5) is 36.8. The van der Waals surface area contributed by atoms with Crippen molar-refractivity contribution in [3.05, 3.63) is 72.0 Å². The molecule has 2 atom stereocenters. The molecule has 1 aromatic carbocycles. The molecule has 0 aliphatic carbocycles. The van der Waals surface area contributed by atoms with E-state index in [9.17, 15) is 13.6 Å². The molecular weight excluding hydrogens is 538 g/mol. The van der Waals surface area contributed by atoms with Crippen LogP contribution in [0.25, 0.3) is 22.2 Å². The molecule has 0 bridgehead atoms. The van der Waals surface area contributed by atoms with Gasteiger partial charge in [0, 0.05) is 61.9 Å². The maximum atomic E-state index is 14.4. The lowest BCUT2D eigenvalue weighted by atomic mass is 9.93. The zero-order chi connectivity index (χ0) is 29.6. The number of piperidine rings is 1. The Morgan fingerprint density at radius 2 is 1.83 bits per heavy atom. The van der Waals surface area contributed by atoms with Gasteiger partial charge in [0.2, 0.25) is 0 Å². The topological polar surface area (TPSA) is 109 Å². The molecule has 1 aliphatic rings. The number of pyridine rings is 1. The Morgan fingerprint density at radius 1 is 1.07 bits per heavy atom. The molecule has 4 heterocycles. The van der Waals surface area contributed by atoms with Crippen molar-refractivity contribution < 1.29 is 13.6 Å². The monoisotopic (exact) mass is 574 g/mol. The predicted molar refractivity (Wildman–Crippen MR) is 158 cm³/mol. The highest BCUT2D eigenvalue weighted by Crippen LogP contribution is 2.28. The van der Waals surface area contributed by atoms with E-state index in [2.05, 4.69) is 40.5 Å². The number of halogens is 2. The van der Waals surface area contributed by atoms with Crippen LogP contribution < -0.4 is 10.6 Å². The van der Waals surface area contributed by atoms with Gasteiger partial charge in [-0.25, -0.2) is 28.7 Å². The minimum absolute atomic E-state index is 0.00757. The van der Waals surface area contributed by atoms with Gasteiger partial charge in [0.1, 0.15) is 24.1 Å². The summed E-state index contributed by atoms with van der Waals surface area (Å²) in [5.74, 6) is 0.803. The van der Waals surface area contributed by atoms with Gasteiger partial charge in [-0.2, -0.15) is 0 Å². The van der Waals surface area contributed by atoms with E-state index in [-0.39, 0.29) is 11.5 Å². The number of hydrogen-bond donors (Lipinski definition) is 2. The van der Waals surface area contributed by atoms with Crippen molar-refractivity contribution in [2.75, 3.05) is 38.5 Å². The molecule has 0 spiro atoms. The number of nitrogens with one attached hydrogen (secondary N) is 2. The van der Waals surface area contributed by atoms with Crippen molar-refractivity contribution in [3.8, 4) is 11.3 Å². The van der Waals surface area contributed by atoms with Crippen LogP contribution in [0.5, 0.6) is 0 Å². The zero-order valence-corrected chi connectivity index (χ0v) is 24.1. The Balaban J connectivity index is 1.22. The second-order valence-corrected chi connectivity index (χ2v) is 11.0. The molecule has 0 saturated carbocycles. The number of carbonyl (C=O) groups is 1. The van der Waals surface area contributed by atoms with Gasteiger partial charge < -0.3 is 15.5 Å². The molecule has 2 N–H and O–H groups in total. The van der Waals surface area contributed by atoms with Crippen LogP contribution in [0.4, 0.5) is 14.6 Å². The van der Waals surface area contributed by atoms with Gasteiger partial charge in [0.15, 0.2) is 5.82 Å². The van der Waals surface area contributed by atoms with Crippen LogP contribution in [0.1, 0.15) is 54.4 Å². The predicted octanol–water partition coefficient (Wildman–Crippen LogP) is 4.81. The number of fused-ring (bicyclic) bond motifs is 1. The minimum atomic E-state index is -0.795. The molecular formula is C31H36F2N8O. The fourth-order valence-corrected chi connectivity index (χ4v) is 5.53. The van der Waals surface area contributed by atoms with Gasteiger partial charge in [-0.15, -0.1) is 0 Å². The fourth-order valence-electron chi connectivity index (χ4n) is 5.53. The fraction of sp³-hybridized carbons (Fsp3) is 0.419. The van der Waals surface area contributed by atoms with E-state index in [1.54, 1.807) is 25.4 Å². The molecule has 9 nitrogen and oxygen atoms in total. The first-order chi connectivity index (χ1) is 20.3. The van der Waals surface area contributed by atoms with E-state index in [1.807, 2.05) is 25.1 Å². The molecule has 220 valence electrons. The largest absolute Gasteiger partial charge is 0.369 e. The van der Waals surface area contributed by atoms with Crippen molar-refractivity contribution in [1.82, 2.24) is 35.1 Å². The van der Waals surface area contributed by atoms with Gasteiger partial charge in [0.25, 0.3) is 5.91 Å². The third kappa shape index (κ3) is 6.84. The number of nitrogens with zero attached hydrogens (tertiary/aromatic N) is 6. The summed E-state index contributed by atoms with van der Waals surface area (Å²) in [5.41, 5.74) is 2.98. The first kappa shape index (κ1) is 29.4. The van der Waals surface area contributed by atoms with Gasteiger partial charge in [0.05, 0.1) is 23.0 Å².